The van der Waals surface area contributed by atoms with E-state index in [1.807, 2.05) is 12.1 Å². The van der Waals surface area contributed by atoms with E-state index in [4.69, 9.17) is 4.74 Å². The van der Waals surface area contributed by atoms with E-state index in [1.54, 1.807) is 0 Å². The number of anilines is 1. The first kappa shape index (κ1) is 10.3. The first-order valence-corrected chi connectivity index (χ1v) is 5.88. The molecule has 1 N–H and O–H groups in total. The van der Waals surface area contributed by atoms with E-state index in [0.717, 1.165) is 24.5 Å². The van der Waals surface area contributed by atoms with Gasteiger partial charge in [0.05, 0.1) is 12.3 Å². The van der Waals surface area contributed by atoms with E-state index in [1.165, 1.54) is 19.3 Å². The Hall–Kier alpha value is -1.18. The Morgan fingerprint density at radius 3 is 3.13 bits per heavy atom. The molecule has 0 spiro atoms. The molecule has 82 valence electrons. The SMILES string of the molecule is CCCCC1CCOc2ccccc2N1. The Morgan fingerprint density at radius 2 is 2.27 bits per heavy atom. The summed E-state index contributed by atoms with van der Waals surface area (Å²) in [6.07, 6.45) is 4.91. The van der Waals surface area contributed by atoms with Crippen LogP contribution in [0.25, 0.3) is 0 Å². The third-order valence-electron chi connectivity index (χ3n) is 2.88. The fraction of sp³-hybridized carbons (Fsp3) is 0.538. The fourth-order valence-electron chi connectivity index (χ4n) is 1.98. The van der Waals surface area contributed by atoms with Crippen molar-refractivity contribution in [1.29, 1.82) is 0 Å². The summed E-state index contributed by atoms with van der Waals surface area (Å²) in [5, 5.41) is 3.57. The molecule has 1 aromatic rings. The van der Waals surface area contributed by atoms with Gasteiger partial charge >= 0.3 is 0 Å². The third-order valence-corrected chi connectivity index (χ3v) is 2.88. The smallest absolute Gasteiger partial charge is 0.142 e. The second kappa shape index (κ2) is 5.06. The Balaban J connectivity index is 2.04. The molecule has 1 atom stereocenters. The van der Waals surface area contributed by atoms with Crippen LogP contribution in [0.1, 0.15) is 32.6 Å². The van der Waals surface area contributed by atoms with Gasteiger partial charge in [-0.2, -0.15) is 0 Å². The lowest BCUT2D eigenvalue weighted by molar-refractivity contribution is 0.309. The van der Waals surface area contributed by atoms with Crippen LogP contribution in [0.15, 0.2) is 24.3 Å². The van der Waals surface area contributed by atoms with Gasteiger partial charge in [0.1, 0.15) is 5.75 Å². The van der Waals surface area contributed by atoms with Crippen molar-refractivity contribution in [2.45, 2.75) is 38.6 Å². The van der Waals surface area contributed by atoms with E-state index >= 15 is 0 Å². The summed E-state index contributed by atoms with van der Waals surface area (Å²) in [4.78, 5) is 0. The summed E-state index contributed by atoms with van der Waals surface area (Å²) in [5.74, 6) is 0.997. The molecule has 2 rings (SSSR count). The van der Waals surface area contributed by atoms with Gasteiger partial charge in [0.25, 0.3) is 0 Å². The molecule has 1 aliphatic heterocycles. The first-order chi connectivity index (χ1) is 7.40. The summed E-state index contributed by atoms with van der Waals surface area (Å²) in [6, 6.07) is 8.78. The van der Waals surface area contributed by atoms with Gasteiger partial charge in [-0.1, -0.05) is 31.9 Å². The summed E-state index contributed by atoms with van der Waals surface area (Å²) in [7, 11) is 0. The Labute approximate surface area is 91.6 Å². The molecule has 1 aliphatic rings. The standard InChI is InChI=1S/C13H19NO/c1-2-3-6-11-9-10-15-13-8-5-4-7-12(13)14-11/h4-5,7-8,11,14H,2-3,6,9-10H2,1H3. The largest absolute Gasteiger partial charge is 0.491 e. The number of ether oxygens (including phenoxy) is 1. The fourth-order valence-corrected chi connectivity index (χ4v) is 1.98. The Bertz CT molecular complexity index is 309. The molecule has 1 heterocycles. The molecule has 0 bridgehead atoms. The van der Waals surface area contributed by atoms with Crippen LogP contribution in [0.2, 0.25) is 0 Å². The molecule has 0 saturated carbocycles. The van der Waals surface area contributed by atoms with Gasteiger partial charge in [0.2, 0.25) is 0 Å². The highest BCUT2D eigenvalue weighted by molar-refractivity contribution is 5.57. The lowest BCUT2D eigenvalue weighted by atomic mass is 10.1. The van der Waals surface area contributed by atoms with Crippen molar-refractivity contribution in [2.75, 3.05) is 11.9 Å². The minimum Gasteiger partial charge on any atom is -0.491 e. The Morgan fingerprint density at radius 1 is 1.40 bits per heavy atom. The van der Waals surface area contributed by atoms with Crippen molar-refractivity contribution in [1.82, 2.24) is 0 Å². The van der Waals surface area contributed by atoms with Gasteiger partial charge in [-0.15, -0.1) is 0 Å². The summed E-state index contributed by atoms with van der Waals surface area (Å²) >= 11 is 0. The molecule has 15 heavy (non-hydrogen) atoms. The van der Waals surface area contributed by atoms with Crippen LogP contribution in [0.4, 0.5) is 5.69 Å². The molecular formula is C13H19NO. The van der Waals surface area contributed by atoms with Gasteiger partial charge in [0, 0.05) is 12.5 Å². The van der Waals surface area contributed by atoms with Crippen LogP contribution in [-0.4, -0.2) is 12.6 Å². The van der Waals surface area contributed by atoms with Crippen molar-refractivity contribution < 1.29 is 4.74 Å². The van der Waals surface area contributed by atoms with E-state index in [9.17, 15) is 0 Å². The molecule has 0 fully saturated rings. The summed E-state index contributed by atoms with van der Waals surface area (Å²) in [5.41, 5.74) is 1.15. The van der Waals surface area contributed by atoms with E-state index < -0.39 is 0 Å². The van der Waals surface area contributed by atoms with Crippen LogP contribution < -0.4 is 10.1 Å². The lowest BCUT2D eigenvalue weighted by Crippen LogP contribution is -2.19. The van der Waals surface area contributed by atoms with Crippen LogP contribution >= 0.6 is 0 Å². The number of hydrogen-bond acceptors (Lipinski definition) is 2. The van der Waals surface area contributed by atoms with Crippen molar-refractivity contribution in [3.05, 3.63) is 24.3 Å². The predicted octanol–water partition coefficient (Wildman–Crippen LogP) is 3.44. The van der Waals surface area contributed by atoms with Crippen molar-refractivity contribution >= 4 is 5.69 Å². The predicted molar refractivity (Wildman–Crippen MR) is 63.5 cm³/mol. The molecule has 0 aliphatic carbocycles. The monoisotopic (exact) mass is 205 g/mol. The number of hydrogen-bond donors (Lipinski definition) is 1. The molecule has 2 heteroatoms. The summed E-state index contributed by atoms with van der Waals surface area (Å²) < 4.78 is 5.70. The highest BCUT2D eigenvalue weighted by Gasteiger charge is 2.15. The zero-order valence-corrected chi connectivity index (χ0v) is 9.33. The maximum Gasteiger partial charge on any atom is 0.142 e. The lowest BCUT2D eigenvalue weighted by Gasteiger charge is -2.15. The van der Waals surface area contributed by atoms with Crippen molar-refractivity contribution in [3.63, 3.8) is 0 Å². The number of para-hydroxylation sites is 2. The van der Waals surface area contributed by atoms with Gasteiger partial charge in [-0.3, -0.25) is 0 Å². The molecule has 1 unspecified atom stereocenters. The van der Waals surface area contributed by atoms with Gasteiger partial charge in [0.15, 0.2) is 0 Å². The zero-order valence-electron chi connectivity index (χ0n) is 9.33. The number of unbranched alkanes of at least 4 members (excludes halogenated alkanes) is 1. The maximum absolute atomic E-state index is 5.70. The Kier molecular flexibility index (Phi) is 3.49. The van der Waals surface area contributed by atoms with Crippen molar-refractivity contribution in [2.24, 2.45) is 0 Å². The summed E-state index contributed by atoms with van der Waals surface area (Å²) in [6.45, 7) is 3.07. The van der Waals surface area contributed by atoms with Gasteiger partial charge < -0.3 is 10.1 Å². The van der Waals surface area contributed by atoms with Crippen LogP contribution in [0.3, 0.4) is 0 Å². The number of fused-ring (bicyclic) bond motifs is 1. The third kappa shape index (κ3) is 2.65. The quantitative estimate of drug-likeness (QED) is 0.816. The van der Waals surface area contributed by atoms with Crippen LogP contribution in [-0.2, 0) is 0 Å². The average molecular weight is 205 g/mol. The van der Waals surface area contributed by atoms with E-state index in [0.29, 0.717) is 6.04 Å². The molecular weight excluding hydrogens is 186 g/mol. The zero-order chi connectivity index (χ0) is 10.5. The van der Waals surface area contributed by atoms with E-state index in [2.05, 4.69) is 24.4 Å². The second-order valence-corrected chi connectivity index (χ2v) is 4.12. The van der Waals surface area contributed by atoms with Crippen LogP contribution in [0.5, 0.6) is 5.75 Å². The molecule has 0 saturated heterocycles. The molecule has 0 amide bonds. The minimum absolute atomic E-state index is 0.577. The molecule has 1 aromatic carbocycles. The topological polar surface area (TPSA) is 21.3 Å². The minimum atomic E-state index is 0.577. The van der Waals surface area contributed by atoms with Crippen molar-refractivity contribution in [3.8, 4) is 5.75 Å². The normalized spacial score (nSPS) is 19.7. The molecule has 2 nitrogen and oxygen atoms in total. The van der Waals surface area contributed by atoms with Gasteiger partial charge in [-0.05, 0) is 18.6 Å². The highest BCUT2D eigenvalue weighted by atomic mass is 16.5. The average Bonchev–Trinajstić information content (AvgIpc) is 2.47. The molecule has 0 aromatic heterocycles. The second-order valence-electron chi connectivity index (χ2n) is 4.12. The molecule has 0 radical (unpaired) electrons. The maximum atomic E-state index is 5.70. The first-order valence-electron chi connectivity index (χ1n) is 5.88. The number of nitrogens with one attached hydrogen (secondary N) is 1. The number of benzene rings is 1. The highest BCUT2D eigenvalue weighted by Crippen LogP contribution is 2.28. The van der Waals surface area contributed by atoms with Gasteiger partial charge in [-0.25, -0.2) is 0 Å². The van der Waals surface area contributed by atoms with E-state index in [-0.39, 0.29) is 0 Å². The van der Waals surface area contributed by atoms with Crippen LogP contribution in [0, 0.1) is 0 Å². The number of rotatable bonds is 3.